The van der Waals surface area contributed by atoms with Crippen molar-refractivity contribution in [3.8, 4) is 0 Å². The van der Waals surface area contributed by atoms with Crippen LogP contribution in [-0.2, 0) is 4.74 Å². The number of rotatable bonds is 4. The highest BCUT2D eigenvalue weighted by atomic mass is 16.6. The number of aromatic nitrogens is 1. The van der Waals surface area contributed by atoms with Crippen molar-refractivity contribution in [3.63, 3.8) is 0 Å². The van der Waals surface area contributed by atoms with Gasteiger partial charge in [-0.2, -0.15) is 0 Å². The van der Waals surface area contributed by atoms with Gasteiger partial charge < -0.3 is 24.8 Å². The summed E-state index contributed by atoms with van der Waals surface area (Å²) in [7, 11) is 0. The van der Waals surface area contributed by atoms with Crippen molar-refractivity contribution in [2.75, 3.05) is 6.54 Å². The third-order valence-electron chi connectivity index (χ3n) is 2.01. The number of aliphatic hydroxyl groups is 2. The van der Waals surface area contributed by atoms with Gasteiger partial charge in [0, 0.05) is 12.1 Å². The summed E-state index contributed by atoms with van der Waals surface area (Å²) in [4.78, 5) is 11.3. The number of hydrogen-bond acceptors (Lipinski definition) is 6. The molecule has 1 rings (SSSR count). The van der Waals surface area contributed by atoms with E-state index in [1.165, 1.54) is 12.5 Å². The quantitative estimate of drug-likeness (QED) is 0.730. The Bertz CT molecular complexity index is 371. The minimum atomic E-state index is -1.17. The summed E-state index contributed by atoms with van der Waals surface area (Å²) < 4.78 is 9.53. The fourth-order valence-corrected chi connectivity index (χ4v) is 1.19. The van der Waals surface area contributed by atoms with Crippen LogP contribution in [0, 0.1) is 0 Å². The Hall–Kier alpha value is -1.60. The second-order valence-corrected chi connectivity index (χ2v) is 4.85. The van der Waals surface area contributed by atoms with Crippen molar-refractivity contribution in [1.82, 2.24) is 10.5 Å². The molecule has 0 spiro atoms. The van der Waals surface area contributed by atoms with E-state index in [4.69, 9.17) is 4.74 Å². The molecule has 18 heavy (non-hydrogen) atoms. The van der Waals surface area contributed by atoms with Crippen LogP contribution >= 0.6 is 0 Å². The lowest BCUT2D eigenvalue weighted by atomic mass is 10.1. The van der Waals surface area contributed by atoms with Gasteiger partial charge in [-0.15, -0.1) is 0 Å². The molecule has 1 aromatic heterocycles. The van der Waals surface area contributed by atoms with Gasteiger partial charge in [0.2, 0.25) is 0 Å². The summed E-state index contributed by atoms with van der Waals surface area (Å²) in [5.74, 6) is 0. The van der Waals surface area contributed by atoms with Crippen LogP contribution in [-0.4, -0.2) is 39.7 Å². The first-order valence-corrected chi connectivity index (χ1v) is 5.52. The molecular weight excluding hydrogens is 240 g/mol. The molecule has 0 aliphatic rings. The molecule has 0 aliphatic carbocycles. The molecule has 0 fully saturated rings. The molecule has 0 saturated carbocycles. The molecule has 1 heterocycles. The minimum Gasteiger partial charge on any atom is -0.444 e. The Morgan fingerprint density at radius 3 is 2.72 bits per heavy atom. The topological polar surface area (TPSA) is 105 Å². The van der Waals surface area contributed by atoms with Crippen molar-refractivity contribution < 1.29 is 24.3 Å². The fraction of sp³-hybridized carbons (Fsp3) is 0.636. The molecule has 2 unspecified atom stereocenters. The summed E-state index contributed by atoms with van der Waals surface area (Å²) in [6, 6.07) is 0. The van der Waals surface area contributed by atoms with Crippen LogP contribution in [0.3, 0.4) is 0 Å². The molecule has 7 heteroatoms. The molecular formula is C11H18N2O5. The van der Waals surface area contributed by atoms with Crippen LogP contribution < -0.4 is 5.32 Å². The first-order valence-electron chi connectivity index (χ1n) is 5.52. The lowest BCUT2D eigenvalue weighted by Gasteiger charge is -2.21. The Balaban J connectivity index is 2.37. The predicted molar refractivity (Wildman–Crippen MR) is 61.7 cm³/mol. The van der Waals surface area contributed by atoms with Crippen molar-refractivity contribution in [2.45, 2.75) is 38.6 Å². The molecule has 0 radical (unpaired) electrons. The maximum Gasteiger partial charge on any atom is 0.407 e. The monoisotopic (exact) mass is 258 g/mol. The van der Waals surface area contributed by atoms with Crippen molar-refractivity contribution in [2.24, 2.45) is 0 Å². The zero-order chi connectivity index (χ0) is 13.8. The SMILES string of the molecule is CC(C)(C)OC(=O)NCC(O)C(O)c1cnoc1. The minimum absolute atomic E-state index is 0.138. The van der Waals surface area contributed by atoms with Gasteiger partial charge in [-0.05, 0) is 20.8 Å². The normalized spacial score (nSPS) is 14.9. The van der Waals surface area contributed by atoms with Crippen LogP contribution in [0.5, 0.6) is 0 Å². The Morgan fingerprint density at radius 2 is 2.22 bits per heavy atom. The van der Waals surface area contributed by atoms with Crippen LogP contribution in [0.1, 0.15) is 32.4 Å². The van der Waals surface area contributed by atoms with Gasteiger partial charge in [0.25, 0.3) is 0 Å². The lowest BCUT2D eigenvalue weighted by Crippen LogP contribution is -2.38. The molecule has 0 bridgehead atoms. The second-order valence-electron chi connectivity index (χ2n) is 4.85. The van der Waals surface area contributed by atoms with Crippen LogP contribution in [0.2, 0.25) is 0 Å². The number of aliphatic hydroxyl groups excluding tert-OH is 2. The third-order valence-corrected chi connectivity index (χ3v) is 2.01. The van der Waals surface area contributed by atoms with E-state index in [9.17, 15) is 15.0 Å². The van der Waals surface area contributed by atoms with E-state index < -0.39 is 23.9 Å². The summed E-state index contributed by atoms with van der Waals surface area (Å²) in [5, 5.41) is 25.1. The molecule has 0 saturated heterocycles. The van der Waals surface area contributed by atoms with Crippen molar-refractivity contribution in [3.05, 3.63) is 18.0 Å². The fourth-order valence-electron chi connectivity index (χ4n) is 1.19. The summed E-state index contributed by atoms with van der Waals surface area (Å²) in [5.41, 5.74) is -0.268. The Labute approximate surface area is 105 Å². The number of hydrogen-bond donors (Lipinski definition) is 3. The van der Waals surface area contributed by atoms with Crippen LogP contribution in [0.25, 0.3) is 0 Å². The number of nitrogens with one attached hydrogen (secondary N) is 1. The number of nitrogens with zero attached hydrogens (tertiary/aromatic N) is 1. The first kappa shape index (κ1) is 14.5. The van der Waals surface area contributed by atoms with Crippen molar-refractivity contribution in [1.29, 1.82) is 0 Å². The zero-order valence-electron chi connectivity index (χ0n) is 10.6. The average Bonchev–Trinajstić information content (AvgIpc) is 2.75. The van der Waals surface area contributed by atoms with Gasteiger partial charge in [0.15, 0.2) is 0 Å². The largest absolute Gasteiger partial charge is 0.444 e. The highest BCUT2D eigenvalue weighted by Gasteiger charge is 2.22. The van der Waals surface area contributed by atoms with E-state index >= 15 is 0 Å². The second kappa shape index (κ2) is 5.83. The van der Waals surface area contributed by atoms with Crippen molar-refractivity contribution >= 4 is 6.09 Å². The van der Waals surface area contributed by atoms with E-state index in [0.29, 0.717) is 5.56 Å². The molecule has 7 nitrogen and oxygen atoms in total. The van der Waals surface area contributed by atoms with E-state index in [-0.39, 0.29) is 6.54 Å². The van der Waals surface area contributed by atoms with Gasteiger partial charge >= 0.3 is 6.09 Å². The zero-order valence-corrected chi connectivity index (χ0v) is 10.6. The van der Waals surface area contributed by atoms with Gasteiger partial charge in [-0.25, -0.2) is 4.79 Å². The standard InChI is InChI=1S/C11H18N2O5/c1-11(2,3)18-10(16)12-5-8(14)9(15)7-4-13-17-6-7/h4,6,8-9,14-15H,5H2,1-3H3,(H,12,16). The molecule has 0 aromatic carbocycles. The number of carbonyl (C=O) groups is 1. The summed E-state index contributed by atoms with van der Waals surface area (Å²) in [6.45, 7) is 5.06. The molecule has 102 valence electrons. The lowest BCUT2D eigenvalue weighted by molar-refractivity contribution is 0.0127. The molecule has 0 aliphatic heterocycles. The molecule has 1 aromatic rings. The number of ether oxygens (including phenoxy) is 1. The first-order chi connectivity index (χ1) is 8.29. The van der Waals surface area contributed by atoms with E-state index in [0.717, 1.165) is 0 Å². The number of amides is 1. The van der Waals surface area contributed by atoms with Gasteiger partial charge in [0.1, 0.15) is 24.1 Å². The van der Waals surface area contributed by atoms with E-state index in [2.05, 4.69) is 15.0 Å². The van der Waals surface area contributed by atoms with E-state index in [1.807, 2.05) is 0 Å². The molecule has 3 N–H and O–H groups in total. The van der Waals surface area contributed by atoms with Crippen LogP contribution in [0.4, 0.5) is 4.79 Å². The highest BCUT2D eigenvalue weighted by Crippen LogP contribution is 2.15. The highest BCUT2D eigenvalue weighted by molar-refractivity contribution is 5.67. The Morgan fingerprint density at radius 1 is 1.56 bits per heavy atom. The summed E-state index contributed by atoms with van der Waals surface area (Å²) in [6.07, 6.45) is -0.481. The maximum absolute atomic E-state index is 11.3. The Kier molecular flexibility index (Phi) is 4.69. The maximum atomic E-state index is 11.3. The van der Waals surface area contributed by atoms with Crippen LogP contribution in [0.15, 0.2) is 17.0 Å². The summed E-state index contributed by atoms with van der Waals surface area (Å²) >= 11 is 0. The van der Waals surface area contributed by atoms with Gasteiger partial charge in [-0.1, -0.05) is 5.16 Å². The number of carbonyl (C=O) groups excluding carboxylic acids is 1. The van der Waals surface area contributed by atoms with Gasteiger partial charge in [-0.3, -0.25) is 0 Å². The predicted octanol–water partition coefficient (Wildman–Crippen LogP) is 0.594. The third kappa shape index (κ3) is 4.72. The average molecular weight is 258 g/mol. The molecule has 1 amide bonds. The number of alkyl carbamates (subject to hydrolysis) is 1. The van der Waals surface area contributed by atoms with E-state index in [1.54, 1.807) is 20.8 Å². The van der Waals surface area contributed by atoms with Gasteiger partial charge in [0.05, 0.1) is 6.20 Å². The smallest absolute Gasteiger partial charge is 0.407 e. The molecule has 2 atom stereocenters.